The third kappa shape index (κ3) is 4.12. The fourth-order valence-electron chi connectivity index (χ4n) is 3.55. The van der Waals surface area contributed by atoms with Crippen molar-refractivity contribution in [2.75, 3.05) is 18.6 Å². The predicted molar refractivity (Wildman–Crippen MR) is 98.8 cm³/mol. The molecule has 1 aromatic carbocycles. The molecule has 3 rings (SSSR count). The quantitative estimate of drug-likeness (QED) is 0.684. The van der Waals surface area contributed by atoms with Gasteiger partial charge in [-0.2, -0.15) is 11.8 Å². The highest BCUT2D eigenvalue weighted by Crippen LogP contribution is 2.24. The molecule has 3 amide bonds. The summed E-state index contributed by atoms with van der Waals surface area (Å²) >= 11 is 1.45. The number of piperazine rings is 1. The summed E-state index contributed by atoms with van der Waals surface area (Å²) in [6, 6.07) is 5.43. The van der Waals surface area contributed by atoms with Gasteiger partial charge in [0.15, 0.2) is 0 Å². The molecule has 2 aliphatic heterocycles. The van der Waals surface area contributed by atoms with Crippen molar-refractivity contribution in [1.82, 2.24) is 15.5 Å². The number of carbonyl (C=O) groups is 3. The molecule has 3 unspecified atom stereocenters. The van der Waals surface area contributed by atoms with Crippen LogP contribution in [0.2, 0.25) is 0 Å². The number of aromatic hydroxyl groups is 1. The van der Waals surface area contributed by atoms with E-state index in [-0.39, 0.29) is 29.5 Å². The Kier molecular flexibility index (Phi) is 5.70. The largest absolute Gasteiger partial charge is 0.508 e. The number of phenolic OH excluding ortho intramolecular Hbond substituents is 1. The van der Waals surface area contributed by atoms with Gasteiger partial charge in [-0.05, 0) is 36.8 Å². The van der Waals surface area contributed by atoms with Crippen LogP contribution in [0.1, 0.15) is 18.4 Å². The van der Waals surface area contributed by atoms with Gasteiger partial charge in [-0.25, -0.2) is 0 Å². The van der Waals surface area contributed by atoms with Crippen LogP contribution in [0.3, 0.4) is 0 Å². The van der Waals surface area contributed by atoms with Gasteiger partial charge in [-0.15, -0.1) is 0 Å². The van der Waals surface area contributed by atoms with Gasteiger partial charge in [0.05, 0.1) is 5.75 Å². The molecule has 0 aromatic heterocycles. The molecule has 140 valence electrons. The second-order valence-electron chi connectivity index (χ2n) is 6.70. The van der Waals surface area contributed by atoms with E-state index < -0.39 is 12.1 Å². The van der Waals surface area contributed by atoms with Crippen molar-refractivity contribution in [2.45, 2.75) is 37.4 Å². The molecule has 3 N–H and O–H groups in total. The summed E-state index contributed by atoms with van der Waals surface area (Å²) in [5.74, 6) is 0.265. The molecule has 0 bridgehead atoms. The summed E-state index contributed by atoms with van der Waals surface area (Å²) in [6.07, 6.45) is 3.36. The molecule has 2 heterocycles. The van der Waals surface area contributed by atoms with Crippen molar-refractivity contribution >= 4 is 29.5 Å². The lowest BCUT2D eigenvalue weighted by Gasteiger charge is -2.44. The van der Waals surface area contributed by atoms with Crippen molar-refractivity contribution in [3.63, 3.8) is 0 Å². The minimum atomic E-state index is -0.592. The first kappa shape index (κ1) is 18.6. The smallest absolute Gasteiger partial charge is 0.246 e. The van der Waals surface area contributed by atoms with Gasteiger partial charge >= 0.3 is 0 Å². The van der Waals surface area contributed by atoms with Gasteiger partial charge in [0.1, 0.15) is 17.8 Å². The molecule has 8 heteroatoms. The van der Waals surface area contributed by atoms with E-state index in [1.165, 1.54) is 11.8 Å². The highest BCUT2D eigenvalue weighted by molar-refractivity contribution is 7.99. The fourth-order valence-corrected chi connectivity index (χ4v) is 3.89. The Bertz CT molecular complexity index is 694. The van der Waals surface area contributed by atoms with E-state index in [1.807, 2.05) is 6.26 Å². The number of fused-ring (bicyclic) bond motifs is 1. The molecule has 26 heavy (non-hydrogen) atoms. The Morgan fingerprint density at radius 1 is 1.35 bits per heavy atom. The minimum absolute atomic E-state index is 0.0382. The number of nitrogens with zero attached hydrogens (tertiary/aromatic N) is 1. The number of phenols is 1. The summed E-state index contributed by atoms with van der Waals surface area (Å²) in [7, 11) is 0. The summed E-state index contributed by atoms with van der Waals surface area (Å²) in [4.78, 5) is 38.7. The van der Waals surface area contributed by atoms with Crippen LogP contribution in [0.25, 0.3) is 0 Å². The Morgan fingerprint density at radius 2 is 2.08 bits per heavy atom. The lowest BCUT2D eigenvalue weighted by Crippen LogP contribution is -2.67. The normalized spacial score (nSPS) is 25.4. The van der Waals surface area contributed by atoms with E-state index in [9.17, 15) is 19.5 Å². The number of benzene rings is 1. The molecule has 0 aliphatic carbocycles. The summed E-state index contributed by atoms with van der Waals surface area (Å²) < 4.78 is 0. The lowest BCUT2D eigenvalue weighted by molar-refractivity contribution is -0.151. The monoisotopic (exact) mass is 377 g/mol. The zero-order valence-corrected chi connectivity index (χ0v) is 15.4. The molecule has 2 aliphatic rings. The lowest BCUT2D eigenvalue weighted by atomic mass is 9.91. The van der Waals surface area contributed by atoms with Gasteiger partial charge < -0.3 is 20.6 Å². The first-order chi connectivity index (χ1) is 12.5. The maximum atomic E-state index is 12.8. The molecule has 0 spiro atoms. The van der Waals surface area contributed by atoms with E-state index in [2.05, 4.69) is 10.6 Å². The van der Waals surface area contributed by atoms with Gasteiger partial charge in [0.2, 0.25) is 17.7 Å². The zero-order chi connectivity index (χ0) is 18.7. The van der Waals surface area contributed by atoms with Crippen molar-refractivity contribution in [1.29, 1.82) is 0 Å². The fraction of sp³-hybridized carbons (Fsp3) is 0.500. The van der Waals surface area contributed by atoms with Crippen molar-refractivity contribution in [2.24, 2.45) is 0 Å². The van der Waals surface area contributed by atoms with E-state index in [4.69, 9.17) is 0 Å². The number of nitrogens with one attached hydrogen (secondary N) is 2. The van der Waals surface area contributed by atoms with Crippen LogP contribution in [-0.4, -0.2) is 64.4 Å². The second kappa shape index (κ2) is 7.99. The average Bonchev–Trinajstić information content (AvgIpc) is 2.61. The van der Waals surface area contributed by atoms with E-state index in [0.717, 1.165) is 5.56 Å². The topological polar surface area (TPSA) is 98.7 Å². The third-order valence-electron chi connectivity index (χ3n) is 4.82. The summed E-state index contributed by atoms with van der Waals surface area (Å²) in [6.45, 7) is 0.465. The van der Waals surface area contributed by atoms with Crippen molar-refractivity contribution in [3.05, 3.63) is 29.8 Å². The molecule has 0 radical (unpaired) electrons. The molecular weight excluding hydrogens is 354 g/mol. The highest BCUT2D eigenvalue weighted by Gasteiger charge is 2.43. The number of rotatable bonds is 5. The molecule has 0 saturated carbocycles. The van der Waals surface area contributed by atoms with Gasteiger partial charge in [0.25, 0.3) is 0 Å². The summed E-state index contributed by atoms with van der Waals surface area (Å²) in [5.41, 5.74) is 0.874. The summed E-state index contributed by atoms with van der Waals surface area (Å²) in [5, 5.41) is 15.1. The molecule has 2 saturated heterocycles. The second-order valence-corrected chi connectivity index (χ2v) is 7.57. The van der Waals surface area contributed by atoms with E-state index in [1.54, 1.807) is 29.2 Å². The van der Waals surface area contributed by atoms with E-state index >= 15 is 0 Å². The number of carbonyl (C=O) groups excluding carboxylic acids is 3. The Hall–Kier alpha value is -2.22. The van der Waals surface area contributed by atoms with Crippen LogP contribution in [0.4, 0.5) is 0 Å². The number of amides is 3. The molecular formula is C18H23N3O4S. The van der Waals surface area contributed by atoms with Gasteiger partial charge in [-0.3, -0.25) is 14.4 Å². The Morgan fingerprint density at radius 3 is 2.77 bits per heavy atom. The first-order valence-electron chi connectivity index (χ1n) is 8.65. The minimum Gasteiger partial charge on any atom is -0.508 e. The van der Waals surface area contributed by atoms with Gasteiger partial charge in [0, 0.05) is 19.0 Å². The molecule has 1 aromatic rings. The van der Waals surface area contributed by atoms with Gasteiger partial charge in [-0.1, -0.05) is 12.1 Å². The van der Waals surface area contributed by atoms with Crippen molar-refractivity contribution < 1.29 is 19.5 Å². The molecule has 7 nitrogen and oxygen atoms in total. The SMILES string of the molecule is CSCC(=O)NC1CCN2C(=O)C(Cc3ccc(O)cc3)NC(=O)C2C1. The standard InChI is InChI=1S/C18H23N3O4S/c1-26-10-16(23)19-12-6-7-21-15(9-12)17(24)20-14(18(21)25)8-11-2-4-13(22)5-3-11/h2-5,12,14-15,22H,6-10H2,1H3,(H,19,23)(H,20,24). The van der Waals surface area contributed by atoms with Crippen LogP contribution >= 0.6 is 11.8 Å². The number of hydrogen-bond donors (Lipinski definition) is 3. The number of piperidine rings is 1. The first-order valence-corrected chi connectivity index (χ1v) is 10.0. The Labute approximate surface area is 156 Å². The average molecular weight is 377 g/mol. The number of hydrogen-bond acceptors (Lipinski definition) is 5. The highest BCUT2D eigenvalue weighted by atomic mass is 32.2. The number of thioether (sulfide) groups is 1. The molecule has 2 fully saturated rings. The third-order valence-corrected chi connectivity index (χ3v) is 5.37. The zero-order valence-electron chi connectivity index (χ0n) is 14.6. The Balaban J connectivity index is 1.63. The van der Waals surface area contributed by atoms with Crippen LogP contribution < -0.4 is 10.6 Å². The van der Waals surface area contributed by atoms with Crippen LogP contribution in [0, 0.1) is 0 Å². The van der Waals surface area contributed by atoms with Crippen LogP contribution in [0.15, 0.2) is 24.3 Å². The maximum absolute atomic E-state index is 12.8. The van der Waals surface area contributed by atoms with E-state index in [0.29, 0.717) is 31.6 Å². The predicted octanol–water partition coefficient (Wildman–Crippen LogP) is 0.272. The van der Waals surface area contributed by atoms with Crippen LogP contribution in [-0.2, 0) is 20.8 Å². The molecule has 3 atom stereocenters. The van der Waals surface area contributed by atoms with Crippen molar-refractivity contribution in [3.8, 4) is 5.75 Å². The van der Waals surface area contributed by atoms with Crippen LogP contribution in [0.5, 0.6) is 5.75 Å². The maximum Gasteiger partial charge on any atom is 0.246 e.